The highest BCUT2D eigenvalue weighted by molar-refractivity contribution is 7.89. The van der Waals surface area contributed by atoms with Gasteiger partial charge in [0.1, 0.15) is 5.82 Å². The Kier molecular flexibility index (Phi) is 6.41. The first kappa shape index (κ1) is 21.2. The number of carbonyl (C=O) groups is 1. The predicted octanol–water partition coefficient (Wildman–Crippen LogP) is 2.07. The van der Waals surface area contributed by atoms with Crippen molar-refractivity contribution in [3.05, 3.63) is 30.1 Å². The van der Waals surface area contributed by atoms with E-state index in [1.165, 1.54) is 28.6 Å². The van der Waals surface area contributed by atoms with Gasteiger partial charge in [-0.2, -0.15) is 4.31 Å². The zero-order chi connectivity index (χ0) is 20.5. The lowest BCUT2D eigenvalue weighted by atomic mass is 9.87. The van der Waals surface area contributed by atoms with Crippen molar-refractivity contribution in [2.75, 3.05) is 26.7 Å². The molecular formula is C20H30FN3O3S. The van der Waals surface area contributed by atoms with Crippen LogP contribution in [-0.2, 0) is 14.8 Å². The second-order valence-electron chi connectivity index (χ2n) is 8.30. The number of nitrogens with zero attached hydrogens (tertiary/aromatic N) is 2. The lowest BCUT2D eigenvalue weighted by Crippen LogP contribution is -2.43. The first-order valence-corrected chi connectivity index (χ1v) is 11.4. The lowest BCUT2D eigenvalue weighted by molar-refractivity contribution is -0.125. The van der Waals surface area contributed by atoms with Crippen molar-refractivity contribution in [1.29, 1.82) is 0 Å². The number of piperidine rings is 1. The first-order valence-electron chi connectivity index (χ1n) is 9.95. The maximum absolute atomic E-state index is 13.1. The Bertz CT molecular complexity index is 789. The normalized spacial score (nSPS) is 25.3. The number of halogens is 1. The van der Waals surface area contributed by atoms with Crippen LogP contribution in [0, 0.1) is 17.7 Å². The van der Waals surface area contributed by atoms with Gasteiger partial charge >= 0.3 is 0 Å². The molecule has 2 fully saturated rings. The first-order chi connectivity index (χ1) is 13.2. The number of hydrogen-bond donors (Lipinski definition) is 1. The van der Waals surface area contributed by atoms with Crippen molar-refractivity contribution in [3.8, 4) is 0 Å². The lowest BCUT2D eigenvalue weighted by Gasteiger charge is -2.36. The highest BCUT2D eigenvalue weighted by Crippen LogP contribution is 2.34. The van der Waals surface area contributed by atoms with Crippen LogP contribution in [0.25, 0.3) is 0 Å². The molecule has 0 radical (unpaired) electrons. The van der Waals surface area contributed by atoms with Crippen LogP contribution in [-0.4, -0.2) is 62.3 Å². The van der Waals surface area contributed by atoms with E-state index in [1.54, 1.807) is 0 Å². The molecule has 0 saturated carbocycles. The number of carbonyl (C=O) groups excluding carboxylic acids is 1. The Hall–Kier alpha value is -1.51. The van der Waals surface area contributed by atoms with Crippen LogP contribution < -0.4 is 5.32 Å². The molecule has 1 N–H and O–H groups in total. The second-order valence-corrected chi connectivity index (χ2v) is 10.2. The number of amides is 1. The summed E-state index contributed by atoms with van der Waals surface area (Å²) in [5, 5.41) is 3.00. The van der Waals surface area contributed by atoms with Gasteiger partial charge in [-0.15, -0.1) is 0 Å². The van der Waals surface area contributed by atoms with Gasteiger partial charge in [-0.1, -0.05) is 0 Å². The fraction of sp³-hybridized carbons (Fsp3) is 0.650. The minimum absolute atomic E-state index is 0.00150. The minimum Gasteiger partial charge on any atom is -0.354 e. The number of likely N-dealkylation sites (tertiary alicyclic amines) is 1. The molecule has 0 unspecified atom stereocenters. The molecule has 0 aromatic heterocycles. The Labute approximate surface area is 167 Å². The number of benzene rings is 1. The molecule has 3 rings (SSSR count). The summed E-state index contributed by atoms with van der Waals surface area (Å²) in [7, 11) is -1.54. The maximum Gasteiger partial charge on any atom is 0.243 e. The molecule has 0 bridgehead atoms. The quantitative estimate of drug-likeness (QED) is 0.805. The van der Waals surface area contributed by atoms with E-state index in [0.717, 1.165) is 25.8 Å². The van der Waals surface area contributed by atoms with Crippen molar-refractivity contribution >= 4 is 15.9 Å². The van der Waals surface area contributed by atoms with E-state index in [2.05, 4.69) is 17.3 Å². The Balaban J connectivity index is 1.59. The van der Waals surface area contributed by atoms with Crippen LogP contribution in [0.2, 0.25) is 0 Å². The average molecular weight is 412 g/mol. The van der Waals surface area contributed by atoms with Gasteiger partial charge in [-0.25, -0.2) is 12.8 Å². The van der Waals surface area contributed by atoms with Crippen molar-refractivity contribution in [2.24, 2.45) is 11.8 Å². The number of rotatable bonds is 5. The molecule has 6 nitrogen and oxygen atoms in total. The zero-order valence-corrected chi connectivity index (χ0v) is 17.6. The summed E-state index contributed by atoms with van der Waals surface area (Å²) < 4.78 is 40.1. The number of hydrogen-bond acceptors (Lipinski definition) is 4. The van der Waals surface area contributed by atoms with Gasteiger partial charge in [0.05, 0.1) is 10.8 Å². The van der Waals surface area contributed by atoms with Gasteiger partial charge in [0.25, 0.3) is 0 Å². The van der Waals surface area contributed by atoms with Crippen molar-refractivity contribution in [1.82, 2.24) is 14.5 Å². The van der Waals surface area contributed by atoms with Gasteiger partial charge in [0, 0.05) is 31.7 Å². The average Bonchev–Trinajstić information content (AvgIpc) is 3.03. The minimum atomic E-state index is -3.59. The van der Waals surface area contributed by atoms with Gasteiger partial charge in [-0.05, 0) is 70.3 Å². The van der Waals surface area contributed by atoms with E-state index in [0.29, 0.717) is 25.0 Å². The fourth-order valence-electron chi connectivity index (χ4n) is 4.43. The largest absolute Gasteiger partial charge is 0.354 e. The Morgan fingerprint density at radius 3 is 2.36 bits per heavy atom. The summed E-state index contributed by atoms with van der Waals surface area (Å²) >= 11 is 0. The highest BCUT2D eigenvalue weighted by Gasteiger charge is 2.40. The Morgan fingerprint density at radius 1 is 1.18 bits per heavy atom. The predicted molar refractivity (Wildman–Crippen MR) is 106 cm³/mol. The van der Waals surface area contributed by atoms with E-state index in [-0.39, 0.29) is 22.8 Å². The zero-order valence-electron chi connectivity index (χ0n) is 16.8. The Morgan fingerprint density at radius 2 is 1.79 bits per heavy atom. The molecule has 2 atom stereocenters. The molecule has 156 valence electrons. The summed E-state index contributed by atoms with van der Waals surface area (Å²) in [6, 6.07) is 5.43. The smallest absolute Gasteiger partial charge is 0.243 e. The third-order valence-electron chi connectivity index (χ3n) is 5.90. The monoisotopic (exact) mass is 411 g/mol. The molecule has 2 aliphatic rings. The molecular weight excluding hydrogens is 381 g/mol. The van der Waals surface area contributed by atoms with E-state index in [1.807, 2.05) is 13.8 Å². The molecule has 1 aromatic rings. The van der Waals surface area contributed by atoms with Crippen LogP contribution in [0.4, 0.5) is 4.39 Å². The molecule has 2 saturated heterocycles. The molecule has 2 aliphatic heterocycles. The van der Waals surface area contributed by atoms with Crippen molar-refractivity contribution in [2.45, 2.75) is 50.1 Å². The van der Waals surface area contributed by atoms with Crippen LogP contribution in [0.3, 0.4) is 0 Å². The van der Waals surface area contributed by atoms with E-state index >= 15 is 0 Å². The summed E-state index contributed by atoms with van der Waals surface area (Å²) in [4.78, 5) is 14.7. The second kappa shape index (κ2) is 8.47. The highest BCUT2D eigenvalue weighted by atomic mass is 32.2. The summed E-state index contributed by atoms with van der Waals surface area (Å²) in [5.41, 5.74) is 0. The topological polar surface area (TPSA) is 69.7 Å². The summed E-state index contributed by atoms with van der Waals surface area (Å²) in [6.45, 7) is 5.59. The SMILES string of the molecule is CC(C)NC(=O)[C@H]1C[C@H](C2CCN(S(=O)(=O)c3ccc(F)cc3)CC2)N(C)C1. The molecule has 1 aromatic carbocycles. The van der Waals surface area contributed by atoms with Gasteiger partial charge < -0.3 is 10.2 Å². The van der Waals surface area contributed by atoms with Crippen LogP contribution in [0.5, 0.6) is 0 Å². The maximum atomic E-state index is 13.1. The van der Waals surface area contributed by atoms with Crippen LogP contribution in [0.15, 0.2) is 29.2 Å². The molecule has 0 aliphatic carbocycles. The van der Waals surface area contributed by atoms with E-state index in [4.69, 9.17) is 0 Å². The van der Waals surface area contributed by atoms with Gasteiger partial charge in [0.2, 0.25) is 15.9 Å². The molecule has 28 heavy (non-hydrogen) atoms. The van der Waals surface area contributed by atoms with Crippen LogP contribution in [0.1, 0.15) is 33.1 Å². The third kappa shape index (κ3) is 4.55. The van der Waals surface area contributed by atoms with Gasteiger partial charge in [-0.3, -0.25) is 4.79 Å². The molecule has 2 heterocycles. The summed E-state index contributed by atoms with van der Waals surface area (Å²) in [5.74, 6) is 0.0403. The van der Waals surface area contributed by atoms with Crippen molar-refractivity contribution in [3.63, 3.8) is 0 Å². The fourth-order valence-corrected chi connectivity index (χ4v) is 5.90. The van der Waals surface area contributed by atoms with Gasteiger partial charge in [0.15, 0.2) is 0 Å². The van der Waals surface area contributed by atoms with Crippen LogP contribution >= 0.6 is 0 Å². The van der Waals surface area contributed by atoms with E-state index < -0.39 is 15.8 Å². The van der Waals surface area contributed by atoms with E-state index in [9.17, 15) is 17.6 Å². The number of nitrogens with one attached hydrogen (secondary N) is 1. The molecule has 0 spiro atoms. The third-order valence-corrected chi connectivity index (χ3v) is 7.81. The standard InChI is InChI=1S/C20H30FN3O3S/c1-14(2)22-20(25)16-12-19(23(3)13-16)15-8-10-24(11-9-15)28(26,27)18-6-4-17(21)5-7-18/h4-7,14-16,19H,8-13H2,1-3H3,(H,22,25)/t16-,19+/m0/s1. The summed E-state index contributed by atoms with van der Waals surface area (Å²) in [6.07, 6.45) is 2.37. The number of sulfonamides is 1. The molecule has 8 heteroatoms. The van der Waals surface area contributed by atoms with Crippen molar-refractivity contribution < 1.29 is 17.6 Å². The molecule has 1 amide bonds.